The smallest absolute Gasteiger partial charge is 0.334 e. The quantitative estimate of drug-likeness (QED) is 0.616. The summed E-state index contributed by atoms with van der Waals surface area (Å²) in [5.41, 5.74) is 1.84. The standard InChI is InChI=1S/C7H8N2O2/c10-7(11)6-4-2-1-3-5(4)8-9-6/h6H,1-3H2,(H,10,11)/t6-/m0/s1. The van der Waals surface area contributed by atoms with Gasteiger partial charge in [-0.1, -0.05) is 0 Å². The molecule has 1 atom stereocenters. The van der Waals surface area contributed by atoms with E-state index in [4.69, 9.17) is 5.11 Å². The highest BCUT2D eigenvalue weighted by Crippen LogP contribution is 2.35. The number of aliphatic carboxylic acids is 1. The molecule has 0 unspecified atom stereocenters. The molecule has 58 valence electrons. The van der Waals surface area contributed by atoms with Gasteiger partial charge in [0.15, 0.2) is 6.04 Å². The van der Waals surface area contributed by atoms with E-state index in [0.29, 0.717) is 0 Å². The molecule has 1 heterocycles. The fourth-order valence-corrected chi connectivity index (χ4v) is 1.56. The maximum Gasteiger partial charge on any atom is 0.334 e. The molecule has 0 amide bonds. The van der Waals surface area contributed by atoms with Crippen LogP contribution in [0.15, 0.2) is 21.5 Å². The minimum absolute atomic E-state index is 0.660. The Morgan fingerprint density at radius 1 is 1.55 bits per heavy atom. The van der Waals surface area contributed by atoms with Gasteiger partial charge in [-0.25, -0.2) is 4.79 Å². The molecule has 4 heteroatoms. The molecule has 0 aromatic carbocycles. The molecular weight excluding hydrogens is 144 g/mol. The number of azo groups is 1. The summed E-state index contributed by atoms with van der Waals surface area (Å²) < 4.78 is 0. The van der Waals surface area contributed by atoms with E-state index in [0.717, 1.165) is 30.5 Å². The van der Waals surface area contributed by atoms with E-state index in [1.165, 1.54) is 0 Å². The van der Waals surface area contributed by atoms with Gasteiger partial charge >= 0.3 is 5.97 Å². The lowest BCUT2D eigenvalue weighted by Gasteiger charge is -2.00. The van der Waals surface area contributed by atoms with Crippen LogP contribution in [-0.2, 0) is 4.79 Å². The molecule has 4 nitrogen and oxygen atoms in total. The molecule has 0 fully saturated rings. The van der Waals surface area contributed by atoms with Crippen LogP contribution >= 0.6 is 0 Å². The van der Waals surface area contributed by atoms with Gasteiger partial charge in [-0.2, -0.15) is 10.2 Å². The fraction of sp³-hybridized carbons (Fsp3) is 0.571. The van der Waals surface area contributed by atoms with Gasteiger partial charge in [-0.3, -0.25) is 0 Å². The van der Waals surface area contributed by atoms with E-state index >= 15 is 0 Å². The van der Waals surface area contributed by atoms with E-state index < -0.39 is 12.0 Å². The van der Waals surface area contributed by atoms with Crippen LogP contribution in [0.2, 0.25) is 0 Å². The summed E-state index contributed by atoms with van der Waals surface area (Å²) in [4.78, 5) is 10.6. The van der Waals surface area contributed by atoms with Crippen molar-refractivity contribution in [3.63, 3.8) is 0 Å². The van der Waals surface area contributed by atoms with Crippen LogP contribution in [0.25, 0.3) is 0 Å². The van der Waals surface area contributed by atoms with Gasteiger partial charge in [0.2, 0.25) is 0 Å². The van der Waals surface area contributed by atoms with E-state index in [1.54, 1.807) is 0 Å². The zero-order chi connectivity index (χ0) is 7.84. The Bertz CT molecular complexity index is 268. The Kier molecular flexibility index (Phi) is 1.27. The van der Waals surface area contributed by atoms with Crippen LogP contribution in [0, 0.1) is 0 Å². The van der Waals surface area contributed by atoms with Crippen molar-refractivity contribution in [1.29, 1.82) is 0 Å². The summed E-state index contributed by atoms with van der Waals surface area (Å²) in [6.07, 6.45) is 2.80. The van der Waals surface area contributed by atoms with Crippen molar-refractivity contribution in [2.45, 2.75) is 25.3 Å². The topological polar surface area (TPSA) is 62.0 Å². The molecular formula is C7H8N2O2. The predicted octanol–water partition coefficient (Wildman–Crippen LogP) is 1.34. The molecule has 0 bridgehead atoms. The third-order valence-corrected chi connectivity index (χ3v) is 2.09. The van der Waals surface area contributed by atoms with E-state index in [9.17, 15) is 4.79 Å². The van der Waals surface area contributed by atoms with Crippen LogP contribution in [0.5, 0.6) is 0 Å². The molecule has 1 aliphatic carbocycles. The van der Waals surface area contributed by atoms with Gasteiger partial charge < -0.3 is 5.11 Å². The summed E-state index contributed by atoms with van der Waals surface area (Å²) in [5, 5.41) is 16.2. The number of nitrogens with zero attached hydrogens (tertiary/aromatic N) is 2. The van der Waals surface area contributed by atoms with Crippen molar-refractivity contribution in [2.75, 3.05) is 0 Å². The molecule has 2 rings (SSSR count). The summed E-state index contributed by atoms with van der Waals surface area (Å²) >= 11 is 0. The molecule has 0 radical (unpaired) electrons. The lowest BCUT2D eigenvalue weighted by Crippen LogP contribution is -2.17. The van der Waals surface area contributed by atoms with Gasteiger partial charge in [0.05, 0.1) is 5.70 Å². The molecule has 11 heavy (non-hydrogen) atoms. The third kappa shape index (κ3) is 0.859. The molecule has 0 aromatic rings. The highest BCUT2D eigenvalue weighted by molar-refractivity contribution is 5.78. The highest BCUT2D eigenvalue weighted by Gasteiger charge is 2.32. The van der Waals surface area contributed by atoms with Crippen molar-refractivity contribution in [2.24, 2.45) is 10.2 Å². The minimum atomic E-state index is -0.874. The Labute approximate surface area is 63.6 Å². The normalized spacial score (nSPS) is 27.8. The predicted molar refractivity (Wildman–Crippen MR) is 37.2 cm³/mol. The first-order valence-electron chi connectivity index (χ1n) is 3.64. The van der Waals surface area contributed by atoms with Gasteiger partial charge in [-0.05, 0) is 24.8 Å². The van der Waals surface area contributed by atoms with Gasteiger partial charge in [-0.15, -0.1) is 0 Å². The average Bonchev–Trinajstić information content (AvgIpc) is 2.41. The van der Waals surface area contributed by atoms with Crippen LogP contribution in [0.1, 0.15) is 19.3 Å². The van der Waals surface area contributed by atoms with Crippen LogP contribution < -0.4 is 0 Å². The van der Waals surface area contributed by atoms with Crippen molar-refractivity contribution in [1.82, 2.24) is 0 Å². The summed E-state index contributed by atoms with van der Waals surface area (Å²) in [6.45, 7) is 0. The maximum atomic E-state index is 10.6. The minimum Gasteiger partial charge on any atom is -0.479 e. The van der Waals surface area contributed by atoms with Gasteiger partial charge in [0, 0.05) is 0 Å². The third-order valence-electron chi connectivity index (χ3n) is 2.09. The number of rotatable bonds is 1. The van der Waals surface area contributed by atoms with Gasteiger partial charge in [0.1, 0.15) is 0 Å². The second-order valence-corrected chi connectivity index (χ2v) is 2.78. The molecule has 1 N–H and O–H groups in total. The Balaban J connectivity index is 2.29. The zero-order valence-electron chi connectivity index (χ0n) is 5.95. The van der Waals surface area contributed by atoms with Crippen LogP contribution in [-0.4, -0.2) is 17.1 Å². The second kappa shape index (κ2) is 2.15. The largest absolute Gasteiger partial charge is 0.479 e. The lowest BCUT2D eigenvalue weighted by molar-refractivity contribution is -0.137. The zero-order valence-corrected chi connectivity index (χ0v) is 5.95. The lowest BCUT2D eigenvalue weighted by atomic mass is 10.1. The van der Waals surface area contributed by atoms with Gasteiger partial charge in [0.25, 0.3) is 0 Å². The molecule has 0 aromatic heterocycles. The average molecular weight is 152 g/mol. The second-order valence-electron chi connectivity index (χ2n) is 2.78. The number of hydrogen-bond donors (Lipinski definition) is 1. The molecule has 1 aliphatic heterocycles. The highest BCUT2D eigenvalue weighted by atomic mass is 16.4. The van der Waals surface area contributed by atoms with Crippen molar-refractivity contribution < 1.29 is 9.90 Å². The molecule has 0 spiro atoms. The molecule has 0 saturated heterocycles. The maximum absolute atomic E-state index is 10.6. The first-order valence-corrected chi connectivity index (χ1v) is 3.64. The molecule has 0 saturated carbocycles. The summed E-state index contributed by atoms with van der Waals surface area (Å²) in [6, 6.07) is -0.660. The number of carboxylic acid groups (broad SMARTS) is 1. The van der Waals surface area contributed by atoms with Crippen molar-refractivity contribution in [3.8, 4) is 0 Å². The summed E-state index contributed by atoms with van der Waals surface area (Å²) in [7, 11) is 0. The number of hydrogen-bond acceptors (Lipinski definition) is 3. The Morgan fingerprint density at radius 2 is 2.36 bits per heavy atom. The number of carboxylic acids is 1. The fourth-order valence-electron chi connectivity index (χ4n) is 1.56. The van der Waals surface area contributed by atoms with Crippen molar-refractivity contribution in [3.05, 3.63) is 11.3 Å². The summed E-state index contributed by atoms with van der Waals surface area (Å²) in [5.74, 6) is -0.874. The Hall–Kier alpha value is -1.19. The number of allylic oxidation sites excluding steroid dienone is 1. The first-order chi connectivity index (χ1) is 5.29. The Morgan fingerprint density at radius 3 is 3.09 bits per heavy atom. The van der Waals surface area contributed by atoms with Crippen molar-refractivity contribution >= 4 is 5.97 Å². The first kappa shape index (κ1) is 6.52. The van der Waals surface area contributed by atoms with Crippen LogP contribution in [0.3, 0.4) is 0 Å². The van der Waals surface area contributed by atoms with E-state index in [1.807, 2.05) is 0 Å². The SMILES string of the molecule is O=C(O)[C@H]1N=NC2=C1CCC2. The van der Waals surface area contributed by atoms with Crippen LogP contribution in [0.4, 0.5) is 0 Å². The van der Waals surface area contributed by atoms with E-state index in [-0.39, 0.29) is 0 Å². The molecule has 2 aliphatic rings. The number of carbonyl (C=O) groups is 1. The van der Waals surface area contributed by atoms with E-state index in [2.05, 4.69) is 10.2 Å². The monoisotopic (exact) mass is 152 g/mol.